The van der Waals surface area contributed by atoms with Crippen LogP contribution in [0.4, 0.5) is 5.95 Å². The molecule has 5 nitrogen and oxygen atoms in total. The average Bonchev–Trinajstić information content (AvgIpc) is 2.59. The molecule has 0 spiro atoms. The molecule has 0 saturated heterocycles. The summed E-state index contributed by atoms with van der Waals surface area (Å²) in [6.45, 7) is 5.35. The molecule has 0 aromatic carbocycles. The zero-order valence-electron chi connectivity index (χ0n) is 10.9. The van der Waals surface area contributed by atoms with E-state index in [9.17, 15) is 4.21 Å². The molecule has 0 aliphatic carbocycles. The van der Waals surface area contributed by atoms with E-state index in [-0.39, 0.29) is 6.04 Å². The van der Waals surface area contributed by atoms with Gasteiger partial charge in [0.1, 0.15) is 0 Å². The summed E-state index contributed by atoms with van der Waals surface area (Å²) in [6, 6.07) is 0.173. The molecule has 6 heteroatoms. The van der Waals surface area contributed by atoms with Crippen molar-refractivity contribution in [2.45, 2.75) is 19.9 Å². The Bertz CT molecular complexity index is 379. The van der Waals surface area contributed by atoms with Crippen LogP contribution >= 0.6 is 0 Å². The van der Waals surface area contributed by atoms with Crippen molar-refractivity contribution in [3.63, 3.8) is 0 Å². The second-order valence-electron chi connectivity index (χ2n) is 4.12. The van der Waals surface area contributed by atoms with Gasteiger partial charge in [-0.3, -0.25) is 4.21 Å². The van der Waals surface area contributed by atoms with Crippen LogP contribution in [0.15, 0.2) is 6.20 Å². The number of aryl methyl sites for hydroxylation is 1. The molecule has 0 fully saturated rings. The number of nitrogens with zero attached hydrogens (tertiary/aromatic N) is 2. The predicted octanol–water partition coefficient (Wildman–Crippen LogP) is 1.19. The van der Waals surface area contributed by atoms with E-state index in [1.54, 1.807) is 13.4 Å². The van der Waals surface area contributed by atoms with E-state index >= 15 is 0 Å². The first-order valence-corrected chi connectivity index (χ1v) is 7.35. The molecule has 1 aromatic heterocycles. The van der Waals surface area contributed by atoms with Gasteiger partial charge in [-0.05, 0) is 13.8 Å². The predicted molar refractivity (Wildman–Crippen MR) is 71.0 cm³/mol. The van der Waals surface area contributed by atoms with E-state index in [0.717, 1.165) is 18.2 Å². The monoisotopic (exact) mass is 259 g/mol. The highest BCUT2D eigenvalue weighted by molar-refractivity contribution is 7.84. The van der Waals surface area contributed by atoms with E-state index in [4.69, 9.17) is 4.74 Å². The Morgan fingerprint density at radius 3 is 2.94 bits per heavy atom. The maximum atomic E-state index is 11.2. The van der Waals surface area contributed by atoms with Gasteiger partial charge in [0, 0.05) is 48.7 Å². The van der Waals surface area contributed by atoms with Gasteiger partial charge in [0.2, 0.25) is 5.95 Å². The number of rotatable bonds is 7. The van der Waals surface area contributed by atoms with Crippen LogP contribution in [0.25, 0.3) is 0 Å². The average molecular weight is 259 g/mol. The lowest BCUT2D eigenvalue weighted by Gasteiger charge is -2.15. The van der Waals surface area contributed by atoms with Crippen LogP contribution in [-0.4, -0.2) is 46.0 Å². The Hall–Kier alpha value is -0.880. The number of aromatic nitrogens is 2. The molecule has 1 N–H and O–H groups in total. The first-order valence-electron chi connectivity index (χ1n) is 5.63. The molecular formula is C11H21N3O2S. The fourth-order valence-electron chi connectivity index (χ4n) is 1.67. The third-order valence-electron chi connectivity index (χ3n) is 2.39. The minimum Gasteiger partial charge on any atom is -0.383 e. The number of hydrogen-bond acceptors (Lipinski definition) is 4. The molecule has 0 aliphatic rings. The highest BCUT2D eigenvalue weighted by Crippen LogP contribution is 2.16. The molecule has 1 aromatic rings. The third kappa shape index (κ3) is 4.47. The first kappa shape index (κ1) is 14.2. The number of hydrogen-bond donors (Lipinski definition) is 1. The lowest BCUT2D eigenvalue weighted by molar-refractivity contribution is 0.210. The molecular weight excluding hydrogens is 238 g/mol. The lowest BCUT2D eigenvalue weighted by Crippen LogP contribution is -2.17. The van der Waals surface area contributed by atoms with Crippen LogP contribution in [0.1, 0.15) is 18.7 Å². The van der Waals surface area contributed by atoms with Crippen molar-refractivity contribution in [1.82, 2.24) is 9.55 Å². The van der Waals surface area contributed by atoms with Crippen LogP contribution in [-0.2, 0) is 15.5 Å². The van der Waals surface area contributed by atoms with Crippen molar-refractivity contribution in [2.24, 2.45) is 0 Å². The minimum atomic E-state index is -0.804. The van der Waals surface area contributed by atoms with Gasteiger partial charge in [-0.15, -0.1) is 0 Å². The fourth-order valence-corrected chi connectivity index (χ4v) is 2.51. The number of anilines is 1. The smallest absolute Gasteiger partial charge is 0.203 e. The highest BCUT2D eigenvalue weighted by atomic mass is 32.2. The fraction of sp³-hybridized carbons (Fsp3) is 0.727. The summed E-state index contributed by atoms with van der Waals surface area (Å²) in [6.07, 6.45) is 3.70. The van der Waals surface area contributed by atoms with E-state index < -0.39 is 10.8 Å². The Balaban J connectivity index is 2.72. The van der Waals surface area contributed by atoms with E-state index in [1.165, 1.54) is 0 Å². The van der Waals surface area contributed by atoms with Crippen molar-refractivity contribution >= 4 is 16.7 Å². The minimum absolute atomic E-state index is 0.173. The Morgan fingerprint density at radius 1 is 1.65 bits per heavy atom. The number of methoxy groups -OCH3 is 1. The molecule has 98 valence electrons. The second kappa shape index (κ2) is 6.76. The topological polar surface area (TPSA) is 56.1 Å². The summed E-state index contributed by atoms with van der Waals surface area (Å²) in [5.74, 6) is 1.45. The highest BCUT2D eigenvalue weighted by Gasteiger charge is 2.12. The zero-order chi connectivity index (χ0) is 12.8. The largest absolute Gasteiger partial charge is 0.383 e. The molecule has 1 rings (SSSR count). The van der Waals surface area contributed by atoms with Gasteiger partial charge in [-0.2, -0.15) is 0 Å². The van der Waals surface area contributed by atoms with E-state index in [0.29, 0.717) is 12.4 Å². The van der Waals surface area contributed by atoms with Gasteiger partial charge < -0.3 is 14.6 Å². The number of ether oxygens (including phenoxy) is 1. The normalized spacial score (nSPS) is 14.6. The SMILES string of the molecule is COCCNc1nc(C)cn1C(C)CS(C)=O. The van der Waals surface area contributed by atoms with Crippen LogP contribution in [0.5, 0.6) is 0 Å². The molecule has 2 unspecified atom stereocenters. The van der Waals surface area contributed by atoms with Crippen LogP contribution in [0, 0.1) is 6.92 Å². The molecule has 0 bridgehead atoms. The molecule has 0 radical (unpaired) electrons. The summed E-state index contributed by atoms with van der Waals surface area (Å²) >= 11 is 0. The van der Waals surface area contributed by atoms with Gasteiger partial charge in [-0.25, -0.2) is 4.98 Å². The summed E-state index contributed by atoms with van der Waals surface area (Å²) < 4.78 is 18.3. The Morgan fingerprint density at radius 2 is 2.35 bits per heavy atom. The molecule has 17 heavy (non-hydrogen) atoms. The number of imidazole rings is 1. The van der Waals surface area contributed by atoms with Crippen molar-refractivity contribution in [1.29, 1.82) is 0 Å². The Kier molecular flexibility index (Phi) is 5.64. The summed E-state index contributed by atoms with van der Waals surface area (Å²) in [5, 5.41) is 3.22. The molecule has 0 saturated carbocycles. The number of nitrogens with one attached hydrogen (secondary N) is 1. The van der Waals surface area contributed by atoms with Gasteiger partial charge >= 0.3 is 0 Å². The van der Waals surface area contributed by atoms with E-state index in [2.05, 4.69) is 10.3 Å². The molecule has 2 atom stereocenters. The maximum Gasteiger partial charge on any atom is 0.203 e. The summed E-state index contributed by atoms with van der Waals surface area (Å²) in [5.41, 5.74) is 0.957. The zero-order valence-corrected chi connectivity index (χ0v) is 11.7. The summed E-state index contributed by atoms with van der Waals surface area (Å²) in [7, 11) is 0.865. The van der Waals surface area contributed by atoms with Crippen molar-refractivity contribution in [3.05, 3.63) is 11.9 Å². The maximum absolute atomic E-state index is 11.2. The first-order chi connectivity index (χ1) is 8.04. The van der Waals surface area contributed by atoms with Crippen molar-refractivity contribution in [3.8, 4) is 0 Å². The van der Waals surface area contributed by atoms with Gasteiger partial charge in [-0.1, -0.05) is 0 Å². The Labute approximate surface area is 105 Å². The van der Waals surface area contributed by atoms with E-state index in [1.807, 2.05) is 24.6 Å². The van der Waals surface area contributed by atoms with Gasteiger partial charge in [0.15, 0.2) is 0 Å². The lowest BCUT2D eigenvalue weighted by atomic mass is 10.4. The van der Waals surface area contributed by atoms with Crippen LogP contribution in [0.2, 0.25) is 0 Å². The third-order valence-corrected chi connectivity index (χ3v) is 3.34. The standard InChI is InChI=1S/C11H21N3O2S/c1-9-7-14(10(2)8-17(4)15)11(13-9)12-5-6-16-3/h7,10H,5-6,8H2,1-4H3,(H,12,13). The van der Waals surface area contributed by atoms with Crippen molar-refractivity contribution < 1.29 is 8.95 Å². The van der Waals surface area contributed by atoms with Gasteiger partial charge in [0.05, 0.1) is 12.3 Å². The van der Waals surface area contributed by atoms with Crippen LogP contribution < -0.4 is 5.32 Å². The molecule has 0 amide bonds. The molecule has 0 aliphatic heterocycles. The summed E-state index contributed by atoms with van der Waals surface area (Å²) in [4.78, 5) is 4.41. The second-order valence-corrected chi connectivity index (χ2v) is 5.60. The van der Waals surface area contributed by atoms with Crippen LogP contribution in [0.3, 0.4) is 0 Å². The molecule has 1 heterocycles. The van der Waals surface area contributed by atoms with Crippen molar-refractivity contribution in [2.75, 3.05) is 37.6 Å². The van der Waals surface area contributed by atoms with Gasteiger partial charge in [0.25, 0.3) is 0 Å². The quantitative estimate of drug-likeness (QED) is 0.747.